The Kier molecular flexibility index (Phi) is 2.30. The molecule has 0 aromatic heterocycles. The molecule has 13 heavy (non-hydrogen) atoms. The average molecular weight is 186 g/mol. The fraction of sp³-hybridized carbons (Fsp3) is 0.900. The third-order valence-electron chi connectivity index (χ3n) is 2.87. The van der Waals surface area contributed by atoms with Gasteiger partial charge in [0.1, 0.15) is 6.61 Å². The van der Waals surface area contributed by atoms with Crippen molar-refractivity contribution in [3.63, 3.8) is 0 Å². The summed E-state index contributed by atoms with van der Waals surface area (Å²) in [7, 11) is 0. The van der Waals surface area contributed by atoms with E-state index in [1.165, 1.54) is 0 Å². The maximum absolute atomic E-state index is 11.0. The Morgan fingerprint density at radius 2 is 1.92 bits per heavy atom. The molecule has 0 spiro atoms. The quantitative estimate of drug-likeness (QED) is 0.590. The zero-order chi connectivity index (χ0) is 10.3. The van der Waals surface area contributed by atoms with Crippen molar-refractivity contribution in [2.45, 2.75) is 40.2 Å². The molecule has 0 aliphatic carbocycles. The van der Waals surface area contributed by atoms with Gasteiger partial charge in [-0.2, -0.15) is 0 Å². The monoisotopic (exact) mass is 186 g/mol. The van der Waals surface area contributed by atoms with Crippen LogP contribution >= 0.6 is 0 Å². The van der Waals surface area contributed by atoms with Crippen molar-refractivity contribution in [2.24, 2.45) is 11.3 Å². The second kappa shape index (κ2) is 2.89. The summed E-state index contributed by atoms with van der Waals surface area (Å²) < 4.78 is 10.2. The first-order valence-electron chi connectivity index (χ1n) is 4.65. The van der Waals surface area contributed by atoms with Gasteiger partial charge < -0.3 is 9.47 Å². The van der Waals surface area contributed by atoms with Crippen molar-refractivity contribution in [1.29, 1.82) is 0 Å². The molecule has 1 aliphatic heterocycles. The molecule has 0 aromatic rings. The van der Waals surface area contributed by atoms with E-state index in [9.17, 15) is 4.79 Å². The summed E-state index contributed by atoms with van der Waals surface area (Å²) in [5, 5.41) is 0. The van der Waals surface area contributed by atoms with Crippen LogP contribution in [0.15, 0.2) is 0 Å². The lowest BCUT2D eigenvalue weighted by Crippen LogP contribution is -2.49. The van der Waals surface area contributed by atoms with Crippen LogP contribution in [0.1, 0.15) is 34.6 Å². The molecule has 1 aliphatic rings. The second-order valence-corrected chi connectivity index (χ2v) is 4.93. The molecule has 3 heteroatoms. The Morgan fingerprint density at radius 1 is 1.38 bits per heavy atom. The Labute approximate surface area is 79.4 Å². The number of carbonyl (C=O) groups excluding carboxylic acids is 1. The molecule has 0 radical (unpaired) electrons. The zero-order valence-electron chi connectivity index (χ0n) is 9.01. The summed E-state index contributed by atoms with van der Waals surface area (Å²) in [4.78, 5) is 11.0. The van der Waals surface area contributed by atoms with Gasteiger partial charge in [-0.05, 0) is 5.92 Å². The highest BCUT2D eigenvalue weighted by Gasteiger charge is 2.53. The molecule has 1 heterocycles. The SMILES string of the molecule is CC(C)C1(C(C)(C)C)COC(=O)O1. The van der Waals surface area contributed by atoms with Gasteiger partial charge in [0.15, 0.2) is 5.60 Å². The number of hydrogen-bond donors (Lipinski definition) is 0. The third-order valence-corrected chi connectivity index (χ3v) is 2.87. The van der Waals surface area contributed by atoms with Gasteiger partial charge in [-0.25, -0.2) is 4.79 Å². The lowest BCUT2D eigenvalue weighted by atomic mass is 9.70. The van der Waals surface area contributed by atoms with Crippen LogP contribution < -0.4 is 0 Å². The maximum atomic E-state index is 11.0. The van der Waals surface area contributed by atoms with Crippen molar-refractivity contribution in [1.82, 2.24) is 0 Å². The van der Waals surface area contributed by atoms with Crippen molar-refractivity contribution in [3.05, 3.63) is 0 Å². The fourth-order valence-electron chi connectivity index (χ4n) is 1.89. The number of ether oxygens (including phenoxy) is 2. The van der Waals surface area contributed by atoms with Crippen molar-refractivity contribution < 1.29 is 14.3 Å². The largest absolute Gasteiger partial charge is 0.509 e. The first-order valence-corrected chi connectivity index (χ1v) is 4.65. The summed E-state index contributed by atoms with van der Waals surface area (Å²) in [5.41, 5.74) is -0.558. The second-order valence-electron chi connectivity index (χ2n) is 4.93. The van der Waals surface area contributed by atoms with Crippen LogP contribution in [-0.2, 0) is 9.47 Å². The summed E-state index contributed by atoms with van der Waals surface area (Å²) in [5.74, 6) is 0.263. The highest BCUT2D eigenvalue weighted by molar-refractivity contribution is 5.63. The highest BCUT2D eigenvalue weighted by atomic mass is 16.8. The smallest absolute Gasteiger partial charge is 0.430 e. The number of carbonyl (C=O) groups is 1. The molecule has 1 rings (SSSR count). The molecule has 0 N–H and O–H groups in total. The van der Waals surface area contributed by atoms with Gasteiger partial charge in [-0.3, -0.25) is 0 Å². The Bertz CT molecular complexity index is 215. The molecule has 0 aromatic carbocycles. The van der Waals surface area contributed by atoms with Crippen LogP contribution in [0.2, 0.25) is 0 Å². The summed E-state index contributed by atoms with van der Waals surface area (Å²) in [6, 6.07) is 0. The number of cyclic esters (lactones) is 2. The number of hydrogen-bond acceptors (Lipinski definition) is 3. The normalized spacial score (nSPS) is 28.9. The fourth-order valence-corrected chi connectivity index (χ4v) is 1.89. The van der Waals surface area contributed by atoms with E-state index in [1.54, 1.807) is 0 Å². The van der Waals surface area contributed by atoms with Gasteiger partial charge in [0.25, 0.3) is 0 Å². The highest BCUT2D eigenvalue weighted by Crippen LogP contribution is 2.43. The van der Waals surface area contributed by atoms with Crippen molar-refractivity contribution >= 4 is 6.16 Å². The van der Waals surface area contributed by atoms with E-state index in [-0.39, 0.29) is 11.3 Å². The first kappa shape index (κ1) is 10.4. The van der Waals surface area contributed by atoms with Gasteiger partial charge >= 0.3 is 6.16 Å². The lowest BCUT2D eigenvalue weighted by Gasteiger charge is -2.40. The van der Waals surface area contributed by atoms with Crippen LogP contribution in [0.3, 0.4) is 0 Å². The van der Waals surface area contributed by atoms with E-state index in [1.807, 2.05) is 13.8 Å². The standard InChI is InChI=1S/C10H18O3/c1-7(2)10(9(3,4)5)6-12-8(11)13-10/h7H,6H2,1-5H3. The van der Waals surface area contributed by atoms with E-state index in [4.69, 9.17) is 9.47 Å². The van der Waals surface area contributed by atoms with Gasteiger partial charge in [-0.15, -0.1) is 0 Å². The summed E-state index contributed by atoms with van der Waals surface area (Å²) in [6.45, 7) is 10.7. The van der Waals surface area contributed by atoms with E-state index in [2.05, 4.69) is 20.8 Å². The molecule has 0 bridgehead atoms. The first-order chi connectivity index (χ1) is 5.79. The van der Waals surface area contributed by atoms with Crippen molar-refractivity contribution in [3.8, 4) is 0 Å². The Hall–Kier alpha value is -0.730. The van der Waals surface area contributed by atoms with Crippen molar-refractivity contribution in [2.75, 3.05) is 6.61 Å². The predicted octanol–water partition coefficient (Wildman–Crippen LogP) is 2.59. The molecule has 1 atom stereocenters. The molecule has 76 valence electrons. The minimum atomic E-state index is -0.538. The van der Waals surface area contributed by atoms with Crippen LogP contribution in [0.25, 0.3) is 0 Å². The molecule has 1 unspecified atom stereocenters. The van der Waals surface area contributed by atoms with E-state index in [0.29, 0.717) is 6.61 Å². The maximum Gasteiger partial charge on any atom is 0.509 e. The van der Waals surface area contributed by atoms with E-state index < -0.39 is 11.8 Å². The molecular weight excluding hydrogens is 168 g/mol. The van der Waals surface area contributed by atoms with Gasteiger partial charge in [0, 0.05) is 5.41 Å². The van der Waals surface area contributed by atoms with Gasteiger partial charge in [0.05, 0.1) is 0 Å². The Balaban J connectivity index is 2.97. The zero-order valence-corrected chi connectivity index (χ0v) is 9.01. The van der Waals surface area contributed by atoms with Gasteiger partial charge in [0.2, 0.25) is 0 Å². The molecule has 1 saturated heterocycles. The Morgan fingerprint density at radius 3 is 2.08 bits per heavy atom. The van der Waals surface area contributed by atoms with Crippen LogP contribution in [0, 0.1) is 11.3 Å². The van der Waals surface area contributed by atoms with Gasteiger partial charge in [-0.1, -0.05) is 34.6 Å². The van der Waals surface area contributed by atoms with Crippen LogP contribution in [-0.4, -0.2) is 18.4 Å². The molecule has 1 fully saturated rings. The van der Waals surface area contributed by atoms with E-state index in [0.717, 1.165) is 0 Å². The molecule has 0 saturated carbocycles. The average Bonchev–Trinajstić information content (AvgIpc) is 2.30. The van der Waals surface area contributed by atoms with Crippen LogP contribution in [0.4, 0.5) is 4.79 Å². The predicted molar refractivity (Wildman–Crippen MR) is 49.5 cm³/mol. The van der Waals surface area contributed by atoms with E-state index >= 15 is 0 Å². The minimum absolute atomic E-state index is 0.0900. The van der Waals surface area contributed by atoms with Crippen LogP contribution in [0.5, 0.6) is 0 Å². The number of rotatable bonds is 1. The molecule has 0 amide bonds. The summed E-state index contributed by atoms with van der Waals surface area (Å²) >= 11 is 0. The molecule has 3 nitrogen and oxygen atoms in total. The third kappa shape index (κ3) is 1.52. The lowest BCUT2D eigenvalue weighted by molar-refractivity contribution is -0.0685. The molecular formula is C10H18O3. The summed E-state index contributed by atoms with van der Waals surface area (Å²) in [6.07, 6.45) is -0.538. The topological polar surface area (TPSA) is 35.5 Å². The minimum Gasteiger partial charge on any atom is -0.430 e.